The fourth-order valence-corrected chi connectivity index (χ4v) is 3.91. The van der Waals surface area contributed by atoms with Gasteiger partial charge in [-0.1, -0.05) is 44.8 Å². The molecule has 2 aliphatic rings. The quantitative estimate of drug-likeness (QED) is 0.791. The molecule has 5 heteroatoms. The van der Waals surface area contributed by atoms with E-state index in [1.807, 2.05) is 0 Å². The van der Waals surface area contributed by atoms with E-state index in [4.69, 9.17) is 18.0 Å². The lowest BCUT2D eigenvalue weighted by Crippen LogP contribution is -2.55. The van der Waals surface area contributed by atoms with Gasteiger partial charge in [0.05, 0.1) is 11.0 Å². The maximum Gasteiger partial charge on any atom is 0.225 e. The standard InChI is InChI=1S/C16H29N3OS/c1-2-6-14(15(17)21)18-9-11-19(12-10-18)16(20)13-7-4-3-5-8-13/h13-14H,2-12H2,1H3,(H2,17,21). The van der Waals surface area contributed by atoms with Crippen molar-refractivity contribution < 1.29 is 4.79 Å². The number of thiocarbonyl (C=S) groups is 1. The SMILES string of the molecule is CCCC(C(N)=S)N1CCN(C(=O)C2CCCCC2)CC1. The molecular weight excluding hydrogens is 282 g/mol. The van der Waals surface area contributed by atoms with Crippen molar-refractivity contribution in [2.45, 2.75) is 57.9 Å². The summed E-state index contributed by atoms with van der Waals surface area (Å²) in [6.07, 6.45) is 8.01. The van der Waals surface area contributed by atoms with Gasteiger partial charge < -0.3 is 10.6 Å². The molecule has 1 unspecified atom stereocenters. The number of piperazine rings is 1. The number of hydrogen-bond donors (Lipinski definition) is 1. The van der Waals surface area contributed by atoms with Crippen LogP contribution in [0.15, 0.2) is 0 Å². The predicted molar refractivity (Wildman–Crippen MR) is 90.2 cm³/mol. The summed E-state index contributed by atoms with van der Waals surface area (Å²) in [5.74, 6) is 0.670. The van der Waals surface area contributed by atoms with E-state index < -0.39 is 0 Å². The number of nitrogens with two attached hydrogens (primary N) is 1. The van der Waals surface area contributed by atoms with E-state index in [1.54, 1.807) is 0 Å². The zero-order valence-electron chi connectivity index (χ0n) is 13.2. The molecule has 21 heavy (non-hydrogen) atoms. The average Bonchev–Trinajstić information content (AvgIpc) is 2.53. The second-order valence-electron chi connectivity index (χ2n) is 6.40. The van der Waals surface area contributed by atoms with Gasteiger partial charge in [0.1, 0.15) is 0 Å². The van der Waals surface area contributed by atoms with Gasteiger partial charge in [-0.2, -0.15) is 0 Å². The van der Waals surface area contributed by atoms with Gasteiger partial charge in [0.25, 0.3) is 0 Å². The number of carbonyl (C=O) groups is 1. The van der Waals surface area contributed by atoms with Crippen molar-refractivity contribution in [3.05, 3.63) is 0 Å². The first-order valence-electron chi connectivity index (χ1n) is 8.45. The Morgan fingerprint density at radius 2 is 1.81 bits per heavy atom. The summed E-state index contributed by atoms with van der Waals surface area (Å²) in [4.78, 5) is 17.6. The van der Waals surface area contributed by atoms with Crippen molar-refractivity contribution in [2.24, 2.45) is 11.7 Å². The van der Waals surface area contributed by atoms with Crippen LogP contribution in [0.4, 0.5) is 0 Å². The summed E-state index contributed by atoms with van der Waals surface area (Å²) in [6, 6.07) is 0.205. The summed E-state index contributed by atoms with van der Waals surface area (Å²) >= 11 is 5.20. The van der Waals surface area contributed by atoms with Crippen LogP contribution in [0.1, 0.15) is 51.9 Å². The lowest BCUT2D eigenvalue weighted by Gasteiger charge is -2.40. The number of amides is 1. The van der Waals surface area contributed by atoms with E-state index in [1.165, 1.54) is 19.3 Å². The van der Waals surface area contributed by atoms with Gasteiger partial charge in [0.2, 0.25) is 5.91 Å². The molecule has 2 fully saturated rings. The molecule has 1 aliphatic carbocycles. The first-order chi connectivity index (χ1) is 10.1. The summed E-state index contributed by atoms with van der Waals surface area (Å²) in [7, 11) is 0. The molecule has 0 aromatic heterocycles. The Balaban J connectivity index is 1.84. The summed E-state index contributed by atoms with van der Waals surface area (Å²) < 4.78 is 0. The Morgan fingerprint density at radius 1 is 1.19 bits per heavy atom. The molecule has 0 spiro atoms. The highest BCUT2D eigenvalue weighted by Gasteiger charge is 2.30. The molecule has 1 saturated carbocycles. The summed E-state index contributed by atoms with van der Waals surface area (Å²) in [5.41, 5.74) is 5.87. The molecule has 1 saturated heterocycles. The topological polar surface area (TPSA) is 49.6 Å². The van der Waals surface area contributed by atoms with Crippen molar-refractivity contribution in [1.29, 1.82) is 0 Å². The summed E-state index contributed by atoms with van der Waals surface area (Å²) in [6.45, 7) is 5.63. The third-order valence-corrected chi connectivity index (χ3v) is 5.18. The van der Waals surface area contributed by atoms with Gasteiger partial charge in [0, 0.05) is 32.1 Å². The van der Waals surface area contributed by atoms with Crippen LogP contribution in [0.2, 0.25) is 0 Å². The fraction of sp³-hybridized carbons (Fsp3) is 0.875. The van der Waals surface area contributed by atoms with E-state index in [-0.39, 0.29) is 12.0 Å². The van der Waals surface area contributed by atoms with Crippen LogP contribution < -0.4 is 5.73 Å². The van der Waals surface area contributed by atoms with Gasteiger partial charge >= 0.3 is 0 Å². The number of carbonyl (C=O) groups excluding carboxylic acids is 1. The zero-order valence-corrected chi connectivity index (χ0v) is 14.0. The molecule has 1 heterocycles. The Hall–Kier alpha value is -0.680. The minimum Gasteiger partial charge on any atom is -0.392 e. The van der Waals surface area contributed by atoms with Crippen LogP contribution in [-0.4, -0.2) is 52.9 Å². The van der Waals surface area contributed by atoms with Crippen molar-refractivity contribution in [1.82, 2.24) is 9.80 Å². The molecule has 1 atom stereocenters. The van der Waals surface area contributed by atoms with Gasteiger partial charge in [-0.05, 0) is 19.3 Å². The van der Waals surface area contributed by atoms with Crippen molar-refractivity contribution in [3.63, 3.8) is 0 Å². The average molecular weight is 311 g/mol. The van der Waals surface area contributed by atoms with Crippen LogP contribution in [0.3, 0.4) is 0 Å². The first-order valence-corrected chi connectivity index (χ1v) is 8.86. The van der Waals surface area contributed by atoms with E-state index in [0.717, 1.165) is 51.9 Å². The Labute approximate surface area is 134 Å². The predicted octanol–water partition coefficient (Wildman–Crippen LogP) is 2.17. The van der Waals surface area contributed by atoms with Crippen LogP contribution in [0.25, 0.3) is 0 Å². The minimum atomic E-state index is 0.205. The molecule has 0 aromatic rings. The number of rotatable bonds is 5. The van der Waals surface area contributed by atoms with E-state index in [9.17, 15) is 4.79 Å². The zero-order chi connectivity index (χ0) is 15.2. The normalized spacial score (nSPS) is 23.0. The fourth-order valence-electron chi connectivity index (χ4n) is 3.64. The second kappa shape index (κ2) is 8.08. The Morgan fingerprint density at radius 3 is 2.33 bits per heavy atom. The molecular formula is C16H29N3OS. The number of hydrogen-bond acceptors (Lipinski definition) is 3. The molecule has 0 aromatic carbocycles. The van der Waals surface area contributed by atoms with Crippen LogP contribution in [-0.2, 0) is 4.79 Å². The first kappa shape index (κ1) is 16.7. The van der Waals surface area contributed by atoms with E-state index in [0.29, 0.717) is 10.9 Å². The van der Waals surface area contributed by atoms with Crippen molar-refractivity contribution in [3.8, 4) is 0 Å². The highest BCUT2D eigenvalue weighted by Crippen LogP contribution is 2.26. The summed E-state index contributed by atoms with van der Waals surface area (Å²) in [5, 5.41) is 0. The highest BCUT2D eigenvalue weighted by molar-refractivity contribution is 7.80. The molecule has 1 amide bonds. The van der Waals surface area contributed by atoms with Crippen LogP contribution in [0.5, 0.6) is 0 Å². The van der Waals surface area contributed by atoms with Gasteiger partial charge in [-0.3, -0.25) is 9.69 Å². The lowest BCUT2D eigenvalue weighted by atomic mass is 9.88. The van der Waals surface area contributed by atoms with Gasteiger partial charge in [0.15, 0.2) is 0 Å². The van der Waals surface area contributed by atoms with Gasteiger partial charge in [-0.15, -0.1) is 0 Å². The highest BCUT2D eigenvalue weighted by atomic mass is 32.1. The maximum absolute atomic E-state index is 12.5. The van der Waals surface area contributed by atoms with Gasteiger partial charge in [-0.25, -0.2) is 0 Å². The smallest absolute Gasteiger partial charge is 0.225 e. The maximum atomic E-state index is 12.5. The van der Waals surface area contributed by atoms with Crippen molar-refractivity contribution >= 4 is 23.1 Å². The largest absolute Gasteiger partial charge is 0.392 e. The molecule has 2 N–H and O–H groups in total. The Bertz CT molecular complexity index is 361. The van der Waals surface area contributed by atoms with Crippen molar-refractivity contribution in [2.75, 3.05) is 26.2 Å². The molecule has 1 aliphatic heterocycles. The van der Waals surface area contributed by atoms with Crippen LogP contribution in [0, 0.1) is 5.92 Å². The van der Waals surface area contributed by atoms with E-state index >= 15 is 0 Å². The minimum absolute atomic E-state index is 0.205. The molecule has 0 radical (unpaired) electrons. The molecule has 120 valence electrons. The third-order valence-electron chi connectivity index (χ3n) is 4.91. The Kier molecular flexibility index (Phi) is 6.42. The molecule has 4 nitrogen and oxygen atoms in total. The third kappa shape index (κ3) is 4.39. The molecule has 0 bridgehead atoms. The van der Waals surface area contributed by atoms with E-state index in [2.05, 4.69) is 16.7 Å². The number of nitrogens with zero attached hydrogens (tertiary/aromatic N) is 2. The van der Waals surface area contributed by atoms with Crippen LogP contribution >= 0.6 is 12.2 Å². The monoisotopic (exact) mass is 311 g/mol. The lowest BCUT2D eigenvalue weighted by molar-refractivity contribution is -0.138. The second-order valence-corrected chi connectivity index (χ2v) is 6.87. The molecule has 2 rings (SSSR count).